The van der Waals surface area contributed by atoms with Gasteiger partial charge in [0.25, 0.3) is 0 Å². The van der Waals surface area contributed by atoms with Crippen molar-refractivity contribution in [2.75, 3.05) is 0 Å². The van der Waals surface area contributed by atoms with E-state index in [2.05, 4.69) is 10.6 Å². The molecular formula is C15H17ClN2O. The van der Waals surface area contributed by atoms with Gasteiger partial charge >= 0.3 is 0 Å². The summed E-state index contributed by atoms with van der Waals surface area (Å²) in [7, 11) is 0. The molecule has 1 aromatic rings. The van der Waals surface area contributed by atoms with Gasteiger partial charge in [-0.05, 0) is 25.0 Å². The first kappa shape index (κ1) is 12.5. The molecule has 1 aliphatic heterocycles. The highest BCUT2D eigenvalue weighted by Crippen LogP contribution is 2.24. The van der Waals surface area contributed by atoms with E-state index in [-0.39, 0.29) is 5.78 Å². The summed E-state index contributed by atoms with van der Waals surface area (Å²) in [4.78, 5) is 12.1. The molecule has 2 N–H and O–H groups in total. The molecule has 2 aliphatic rings. The summed E-state index contributed by atoms with van der Waals surface area (Å²) < 4.78 is 0. The standard InChI is InChI=1S/C15H17ClN2O/c16-11-5-3-4-10(8-11)14(19)9-15-17-12-6-1-2-7-13(12)18-15/h3-5,8-9,12-13,17-18H,1-2,6-7H2/t12-,13-/m1/s1. The highest BCUT2D eigenvalue weighted by molar-refractivity contribution is 6.31. The second kappa shape index (κ2) is 5.25. The van der Waals surface area contributed by atoms with Gasteiger partial charge in [-0.15, -0.1) is 0 Å². The van der Waals surface area contributed by atoms with Crippen molar-refractivity contribution in [1.29, 1.82) is 0 Å². The van der Waals surface area contributed by atoms with Crippen LogP contribution in [0.2, 0.25) is 5.02 Å². The topological polar surface area (TPSA) is 41.1 Å². The van der Waals surface area contributed by atoms with Gasteiger partial charge in [0.05, 0.1) is 0 Å². The van der Waals surface area contributed by atoms with Gasteiger partial charge in [-0.25, -0.2) is 0 Å². The van der Waals surface area contributed by atoms with Crippen LogP contribution in [0.5, 0.6) is 0 Å². The minimum atomic E-state index is -0.0175. The van der Waals surface area contributed by atoms with E-state index >= 15 is 0 Å². The second-order valence-electron chi connectivity index (χ2n) is 5.22. The van der Waals surface area contributed by atoms with Crippen LogP contribution in [-0.4, -0.2) is 17.9 Å². The Morgan fingerprint density at radius 1 is 1.21 bits per heavy atom. The third-order valence-corrected chi connectivity index (χ3v) is 4.07. The van der Waals surface area contributed by atoms with Crippen LogP contribution in [0.1, 0.15) is 36.0 Å². The van der Waals surface area contributed by atoms with Crippen molar-refractivity contribution in [2.24, 2.45) is 0 Å². The molecule has 2 atom stereocenters. The van der Waals surface area contributed by atoms with E-state index in [9.17, 15) is 4.79 Å². The molecule has 0 aromatic heterocycles. The third kappa shape index (κ3) is 2.76. The number of rotatable bonds is 2. The largest absolute Gasteiger partial charge is 0.367 e. The van der Waals surface area contributed by atoms with Gasteiger partial charge in [0.2, 0.25) is 0 Å². The number of allylic oxidation sites excluding steroid dienone is 1. The van der Waals surface area contributed by atoms with Crippen molar-refractivity contribution in [3.63, 3.8) is 0 Å². The molecule has 0 bridgehead atoms. The monoisotopic (exact) mass is 276 g/mol. The fourth-order valence-electron chi connectivity index (χ4n) is 2.86. The zero-order valence-corrected chi connectivity index (χ0v) is 11.4. The Balaban J connectivity index is 1.74. The minimum absolute atomic E-state index is 0.0175. The van der Waals surface area contributed by atoms with Crippen LogP contribution in [-0.2, 0) is 0 Å². The highest BCUT2D eigenvalue weighted by atomic mass is 35.5. The molecule has 1 saturated carbocycles. The number of benzene rings is 1. The molecule has 1 heterocycles. The molecule has 100 valence electrons. The Morgan fingerprint density at radius 3 is 2.53 bits per heavy atom. The van der Waals surface area contributed by atoms with Gasteiger partial charge in [0.15, 0.2) is 5.78 Å². The molecule has 2 fully saturated rings. The summed E-state index contributed by atoms with van der Waals surface area (Å²) in [6.07, 6.45) is 6.54. The first-order valence-electron chi connectivity index (χ1n) is 6.77. The summed E-state index contributed by atoms with van der Waals surface area (Å²) >= 11 is 5.90. The second-order valence-corrected chi connectivity index (χ2v) is 5.66. The molecule has 1 saturated heterocycles. The number of ketones is 1. The quantitative estimate of drug-likeness (QED) is 0.645. The summed E-state index contributed by atoms with van der Waals surface area (Å²) in [6, 6.07) is 8.01. The van der Waals surface area contributed by atoms with E-state index in [0.717, 1.165) is 5.82 Å². The molecule has 1 aromatic carbocycles. The number of hydrogen-bond donors (Lipinski definition) is 2. The van der Waals surface area contributed by atoms with Crippen molar-refractivity contribution in [3.8, 4) is 0 Å². The lowest BCUT2D eigenvalue weighted by Crippen LogP contribution is -2.36. The number of hydrogen-bond acceptors (Lipinski definition) is 3. The number of carbonyl (C=O) groups is 1. The van der Waals surface area contributed by atoms with Crippen LogP contribution in [0.4, 0.5) is 0 Å². The number of nitrogens with one attached hydrogen (secondary N) is 2. The molecule has 1 aliphatic carbocycles. The summed E-state index contributed by atoms with van der Waals surface area (Å²) in [6.45, 7) is 0. The fourth-order valence-corrected chi connectivity index (χ4v) is 3.05. The van der Waals surface area contributed by atoms with Gasteiger partial charge in [-0.1, -0.05) is 36.6 Å². The first-order chi connectivity index (χ1) is 9.22. The lowest BCUT2D eigenvalue weighted by molar-refractivity contribution is 0.104. The Morgan fingerprint density at radius 2 is 1.89 bits per heavy atom. The number of fused-ring (bicyclic) bond motifs is 1. The maximum absolute atomic E-state index is 12.1. The lowest BCUT2D eigenvalue weighted by Gasteiger charge is -2.23. The maximum Gasteiger partial charge on any atom is 0.189 e. The predicted molar refractivity (Wildman–Crippen MR) is 76.2 cm³/mol. The Labute approximate surface area is 118 Å². The van der Waals surface area contributed by atoms with Crippen molar-refractivity contribution in [2.45, 2.75) is 37.8 Å². The van der Waals surface area contributed by atoms with Crippen LogP contribution < -0.4 is 10.6 Å². The average molecular weight is 277 g/mol. The normalized spacial score (nSPS) is 25.2. The molecule has 0 unspecified atom stereocenters. The minimum Gasteiger partial charge on any atom is -0.367 e. The number of carbonyl (C=O) groups excluding carboxylic acids is 1. The van der Waals surface area contributed by atoms with Crippen LogP contribution in [0, 0.1) is 0 Å². The smallest absolute Gasteiger partial charge is 0.189 e. The van der Waals surface area contributed by atoms with E-state index in [4.69, 9.17) is 11.6 Å². The van der Waals surface area contributed by atoms with E-state index in [1.807, 2.05) is 0 Å². The molecule has 0 amide bonds. The van der Waals surface area contributed by atoms with Gasteiger partial charge in [-0.2, -0.15) is 0 Å². The maximum atomic E-state index is 12.1. The summed E-state index contributed by atoms with van der Waals surface area (Å²) in [5.41, 5.74) is 0.624. The van der Waals surface area contributed by atoms with E-state index < -0.39 is 0 Å². The van der Waals surface area contributed by atoms with Crippen LogP contribution in [0.3, 0.4) is 0 Å². The van der Waals surface area contributed by atoms with Crippen molar-refractivity contribution < 1.29 is 4.79 Å². The Kier molecular flexibility index (Phi) is 3.47. The van der Waals surface area contributed by atoms with Crippen molar-refractivity contribution in [3.05, 3.63) is 46.7 Å². The molecule has 0 spiro atoms. The van der Waals surface area contributed by atoms with Crippen LogP contribution in [0.15, 0.2) is 36.2 Å². The molecule has 19 heavy (non-hydrogen) atoms. The van der Waals surface area contributed by atoms with Gasteiger partial charge in [-0.3, -0.25) is 4.79 Å². The highest BCUT2D eigenvalue weighted by Gasteiger charge is 2.31. The van der Waals surface area contributed by atoms with Gasteiger partial charge < -0.3 is 10.6 Å². The zero-order valence-electron chi connectivity index (χ0n) is 10.7. The molecule has 4 heteroatoms. The number of halogens is 1. The van der Waals surface area contributed by atoms with Crippen molar-refractivity contribution >= 4 is 17.4 Å². The summed E-state index contributed by atoms with van der Waals surface area (Å²) in [5.74, 6) is 0.832. The SMILES string of the molecule is O=C(C=C1N[C@@H]2CCCC[C@H]2N1)c1cccc(Cl)c1. The fraction of sp³-hybridized carbons (Fsp3) is 0.400. The van der Waals surface area contributed by atoms with E-state index in [1.165, 1.54) is 25.7 Å². The van der Waals surface area contributed by atoms with E-state index in [0.29, 0.717) is 22.7 Å². The molecular weight excluding hydrogens is 260 g/mol. The molecule has 3 rings (SSSR count). The Bertz CT molecular complexity index is 511. The summed E-state index contributed by atoms with van der Waals surface area (Å²) in [5, 5.41) is 7.40. The Hall–Kier alpha value is -1.48. The van der Waals surface area contributed by atoms with Gasteiger partial charge in [0, 0.05) is 28.7 Å². The lowest BCUT2D eigenvalue weighted by atomic mass is 9.92. The predicted octanol–water partition coefficient (Wildman–Crippen LogP) is 2.87. The van der Waals surface area contributed by atoms with Crippen molar-refractivity contribution in [1.82, 2.24) is 10.6 Å². The third-order valence-electron chi connectivity index (χ3n) is 3.83. The van der Waals surface area contributed by atoms with Crippen LogP contribution >= 0.6 is 11.6 Å². The molecule has 0 radical (unpaired) electrons. The van der Waals surface area contributed by atoms with Crippen LogP contribution in [0.25, 0.3) is 0 Å². The first-order valence-corrected chi connectivity index (χ1v) is 7.15. The molecule has 3 nitrogen and oxygen atoms in total. The zero-order chi connectivity index (χ0) is 13.2. The average Bonchev–Trinajstić information content (AvgIpc) is 2.80. The van der Waals surface area contributed by atoms with E-state index in [1.54, 1.807) is 30.3 Å². The van der Waals surface area contributed by atoms with Gasteiger partial charge in [0.1, 0.15) is 5.82 Å².